The van der Waals surface area contributed by atoms with Gasteiger partial charge in [0.1, 0.15) is 5.75 Å². The summed E-state index contributed by atoms with van der Waals surface area (Å²) in [4.78, 5) is 40.4. The van der Waals surface area contributed by atoms with Gasteiger partial charge in [-0.1, -0.05) is 24.3 Å². The van der Waals surface area contributed by atoms with Crippen molar-refractivity contribution in [1.82, 2.24) is 9.80 Å². The molecule has 4 aliphatic rings. The monoisotopic (exact) mass is 767 g/mol. The van der Waals surface area contributed by atoms with Crippen LogP contribution in [0, 0.1) is 0 Å². The minimum absolute atomic E-state index is 0.0388. The fourth-order valence-corrected chi connectivity index (χ4v) is 7.44. The summed E-state index contributed by atoms with van der Waals surface area (Å²) in [6, 6.07) is 21.6. The summed E-state index contributed by atoms with van der Waals surface area (Å²) in [6.45, 7) is 6.97. The zero-order chi connectivity index (χ0) is 39.8. The number of carbonyl (C=O) groups excluding carboxylic acids is 2. The molecule has 0 aromatic heterocycles. The molecule has 0 aliphatic carbocycles. The Balaban J connectivity index is 0.899. The number of amides is 2. The highest BCUT2D eigenvalue weighted by Gasteiger charge is 2.35. The number of aromatic hydroxyl groups is 1. The molecule has 0 fully saturated rings. The third kappa shape index (κ3) is 7.67. The fraction of sp³-hybridized carbons (Fsp3) is 0.289. The van der Waals surface area contributed by atoms with E-state index in [9.17, 15) is 14.7 Å². The Morgan fingerprint density at radius 3 is 1.58 bits per heavy atom. The Bertz CT molecular complexity index is 2340. The van der Waals surface area contributed by atoms with E-state index in [0.29, 0.717) is 78.0 Å². The SMILES string of the molecule is COc1cc2c(cc1OCCCOc1cc3c(cc1OC)C(=O)N1C=C(c4ccc(NC(C)(C)C)cc4)C[C@H]1C=N3)N=C[C@@H]1CC(c3ccc(O)cc3)=CN1C2=O. The Morgan fingerprint density at radius 2 is 1.14 bits per heavy atom. The van der Waals surface area contributed by atoms with Gasteiger partial charge in [0, 0.05) is 67.5 Å². The van der Waals surface area contributed by atoms with Crippen molar-refractivity contribution in [3.8, 4) is 28.7 Å². The average Bonchev–Trinajstić information content (AvgIpc) is 3.77. The van der Waals surface area contributed by atoms with Gasteiger partial charge in [-0.3, -0.25) is 19.6 Å². The summed E-state index contributed by atoms with van der Waals surface area (Å²) < 4.78 is 23.6. The minimum Gasteiger partial charge on any atom is -0.508 e. The van der Waals surface area contributed by atoms with Crippen LogP contribution in [0.2, 0.25) is 0 Å². The van der Waals surface area contributed by atoms with E-state index in [4.69, 9.17) is 23.9 Å². The van der Waals surface area contributed by atoms with Gasteiger partial charge in [0.2, 0.25) is 0 Å². The second-order valence-corrected chi connectivity index (χ2v) is 15.4. The molecule has 4 heterocycles. The topological polar surface area (TPSA) is 135 Å². The molecule has 0 spiro atoms. The number of ether oxygens (including phenoxy) is 4. The molecule has 292 valence electrons. The smallest absolute Gasteiger partial charge is 0.260 e. The predicted molar refractivity (Wildman–Crippen MR) is 221 cm³/mol. The number of anilines is 1. The number of nitrogens with one attached hydrogen (secondary N) is 1. The van der Waals surface area contributed by atoms with Crippen molar-refractivity contribution in [2.45, 2.75) is 57.7 Å². The molecule has 12 nitrogen and oxygen atoms in total. The molecule has 57 heavy (non-hydrogen) atoms. The second kappa shape index (κ2) is 15.2. The number of carbonyl (C=O) groups is 2. The van der Waals surface area contributed by atoms with Crippen molar-refractivity contribution in [2.75, 3.05) is 32.8 Å². The summed E-state index contributed by atoms with van der Waals surface area (Å²) >= 11 is 0. The van der Waals surface area contributed by atoms with Gasteiger partial charge in [-0.25, -0.2) is 0 Å². The number of benzene rings is 4. The van der Waals surface area contributed by atoms with Gasteiger partial charge in [0.05, 0.1) is 62.0 Å². The van der Waals surface area contributed by atoms with Crippen molar-refractivity contribution < 1.29 is 33.6 Å². The molecule has 0 radical (unpaired) electrons. The third-order valence-corrected chi connectivity index (χ3v) is 10.2. The lowest BCUT2D eigenvalue weighted by Gasteiger charge is -2.22. The van der Waals surface area contributed by atoms with E-state index < -0.39 is 0 Å². The molecule has 2 N–H and O–H groups in total. The van der Waals surface area contributed by atoms with Crippen LogP contribution in [0.4, 0.5) is 17.1 Å². The molecular weight excluding hydrogens is 723 g/mol. The van der Waals surface area contributed by atoms with Crippen LogP contribution in [0.1, 0.15) is 71.9 Å². The van der Waals surface area contributed by atoms with Gasteiger partial charge in [-0.05, 0) is 79.4 Å². The summed E-state index contributed by atoms with van der Waals surface area (Å²) in [6.07, 6.45) is 9.17. The van der Waals surface area contributed by atoms with Crippen molar-refractivity contribution in [3.05, 3.63) is 107 Å². The molecule has 0 saturated carbocycles. The zero-order valence-corrected chi connectivity index (χ0v) is 32.6. The minimum atomic E-state index is -0.234. The summed E-state index contributed by atoms with van der Waals surface area (Å²) in [7, 11) is 3.08. The lowest BCUT2D eigenvalue weighted by atomic mass is 10.0. The first kappa shape index (κ1) is 37.4. The second-order valence-electron chi connectivity index (χ2n) is 15.4. The molecule has 2 atom stereocenters. The predicted octanol–water partition coefficient (Wildman–Crippen LogP) is 8.41. The number of fused-ring (bicyclic) bond motifs is 4. The molecule has 0 unspecified atom stereocenters. The van der Waals surface area contributed by atoms with Crippen molar-refractivity contribution in [1.29, 1.82) is 0 Å². The Labute approximate surface area is 331 Å². The fourth-order valence-electron chi connectivity index (χ4n) is 7.44. The highest BCUT2D eigenvalue weighted by atomic mass is 16.5. The van der Waals surface area contributed by atoms with E-state index in [1.54, 1.807) is 59.5 Å². The standard InChI is InChI=1S/C45H45N5O7/c1-45(2,3)48-31-11-7-27(8-12-31)29-17-32-23-46-37-21-41(39(54-4)19-35(37)43(52)49(32)25-29)56-15-6-16-57-42-22-38-36(20-40(42)55-5)44(53)50-26-30(18-33(50)24-47-38)28-9-13-34(51)14-10-28/h7-14,19-26,32-33,48,51H,6,15-18H2,1-5H3/t32-,33-/m0/s1. The zero-order valence-electron chi connectivity index (χ0n) is 32.6. The maximum absolute atomic E-state index is 13.9. The number of phenols is 1. The van der Waals surface area contributed by atoms with E-state index in [0.717, 1.165) is 28.0 Å². The van der Waals surface area contributed by atoms with Gasteiger partial charge in [-0.2, -0.15) is 0 Å². The highest BCUT2D eigenvalue weighted by molar-refractivity contribution is 6.06. The van der Waals surface area contributed by atoms with Crippen molar-refractivity contribution in [3.63, 3.8) is 0 Å². The van der Waals surface area contributed by atoms with Crippen LogP contribution in [-0.4, -0.2) is 84.2 Å². The summed E-state index contributed by atoms with van der Waals surface area (Å²) in [5, 5.41) is 13.2. The average molecular weight is 768 g/mol. The van der Waals surface area contributed by atoms with Crippen molar-refractivity contribution >= 4 is 52.5 Å². The van der Waals surface area contributed by atoms with Crippen LogP contribution in [0.3, 0.4) is 0 Å². The number of rotatable bonds is 11. The van der Waals surface area contributed by atoms with Crippen LogP contribution in [0.5, 0.6) is 28.7 Å². The lowest BCUT2D eigenvalue weighted by molar-refractivity contribution is 0.0809. The van der Waals surface area contributed by atoms with Crippen LogP contribution in [0.15, 0.2) is 95.2 Å². The summed E-state index contributed by atoms with van der Waals surface area (Å²) in [5.74, 6) is 1.65. The Morgan fingerprint density at radius 1 is 0.684 bits per heavy atom. The van der Waals surface area contributed by atoms with Crippen LogP contribution in [0.25, 0.3) is 11.1 Å². The Kier molecular flexibility index (Phi) is 9.95. The van der Waals surface area contributed by atoms with E-state index in [2.05, 4.69) is 55.3 Å². The Hall–Kier alpha value is -6.56. The normalized spacial score (nSPS) is 18.1. The van der Waals surface area contributed by atoms with Gasteiger partial charge < -0.3 is 39.2 Å². The quantitative estimate of drug-likeness (QED) is 0.145. The molecule has 0 bridgehead atoms. The van der Waals surface area contributed by atoms with E-state index in [-0.39, 0.29) is 35.2 Å². The third-order valence-electron chi connectivity index (χ3n) is 10.2. The van der Waals surface area contributed by atoms with Crippen LogP contribution >= 0.6 is 0 Å². The van der Waals surface area contributed by atoms with Gasteiger partial charge in [-0.15, -0.1) is 0 Å². The first-order valence-corrected chi connectivity index (χ1v) is 19.0. The first-order chi connectivity index (χ1) is 27.5. The molecule has 4 aromatic carbocycles. The van der Waals surface area contributed by atoms with Gasteiger partial charge >= 0.3 is 0 Å². The van der Waals surface area contributed by atoms with Crippen molar-refractivity contribution in [2.24, 2.45) is 9.98 Å². The number of hydrogen-bond acceptors (Lipinski definition) is 10. The summed E-state index contributed by atoms with van der Waals surface area (Å²) in [5.41, 5.74) is 6.95. The lowest BCUT2D eigenvalue weighted by Crippen LogP contribution is -2.32. The molecule has 8 rings (SSSR count). The highest BCUT2D eigenvalue weighted by Crippen LogP contribution is 2.42. The maximum atomic E-state index is 13.9. The number of hydrogen-bond donors (Lipinski definition) is 2. The first-order valence-electron chi connectivity index (χ1n) is 19.0. The molecular formula is C45H45N5O7. The number of methoxy groups -OCH3 is 2. The van der Waals surface area contributed by atoms with E-state index in [1.807, 2.05) is 30.7 Å². The van der Waals surface area contributed by atoms with Crippen LogP contribution < -0.4 is 24.3 Å². The maximum Gasteiger partial charge on any atom is 0.260 e. The number of aliphatic imine (C=N–C) groups is 2. The molecule has 0 saturated heterocycles. The van der Waals surface area contributed by atoms with Crippen LogP contribution in [-0.2, 0) is 0 Å². The van der Waals surface area contributed by atoms with E-state index >= 15 is 0 Å². The van der Waals surface area contributed by atoms with Gasteiger partial charge in [0.25, 0.3) is 11.8 Å². The molecule has 2 amide bonds. The van der Waals surface area contributed by atoms with E-state index in [1.165, 1.54) is 7.11 Å². The molecule has 12 heteroatoms. The molecule has 4 aromatic rings. The largest absolute Gasteiger partial charge is 0.508 e. The number of nitrogens with zero attached hydrogens (tertiary/aromatic N) is 4. The molecule has 4 aliphatic heterocycles. The number of phenolic OH excluding ortho intramolecular Hbond substituents is 1. The van der Waals surface area contributed by atoms with Gasteiger partial charge in [0.15, 0.2) is 23.0 Å².